The molecule has 0 bridgehead atoms. The molecular weight excluding hydrogens is 239 g/mol. The third-order valence-electron chi connectivity index (χ3n) is 2.31. The van der Waals surface area contributed by atoms with E-state index in [2.05, 4.69) is 0 Å². The van der Waals surface area contributed by atoms with Gasteiger partial charge in [0.15, 0.2) is 18.2 Å². The number of hydrogen-bond donors (Lipinski definition) is 0. The number of aryl methyl sites for hydroxylation is 1. The zero-order chi connectivity index (χ0) is 12.3. The van der Waals surface area contributed by atoms with Gasteiger partial charge in [-0.15, -0.1) is 11.3 Å². The number of benzene rings is 1. The lowest BCUT2D eigenvalue weighted by molar-refractivity contribution is 0.0922. The molecule has 0 aliphatic rings. The molecule has 1 aromatic heterocycles. The van der Waals surface area contributed by atoms with Crippen LogP contribution in [-0.2, 0) is 0 Å². The van der Waals surface area contributed by atoms with Crippen molar-refractivity contribution in [1.82, 2.24) is 0 Å². The highest BCUT2D eigenvalue weighted by Gasteiger charge is 2.10. The Morgan fingerprint density at radius 2 is 2.18 bits per heavy atom. The Kier molecular flexibility index (Phi) is 3.54. The second kappa shape index (κ2) is 5.10. The topological polar surface area (TPSA) is 26.3 Å². The van der Waals surface area contributed by atoms with Crippen LogP contribution in [0.4, 0.5) is 4.39 Å². The number of hydrogen-bond acceptors (Lipinski definition) is 3. The minimum atomic E-state index is -0.411. The highest BCUT2D eigenvalue weighted by Crippen LogP contribution is 2.20. The van der Waals surface area contributed by atoms with Crippen LogP contribution in [0.15, 0.2) is 35.7 Å². The van der Waals surface area contributed by atoms with Crippen molar-refractivity contribution in [1.29, 1.82) is 0 Å². The fraction of sp³-hybridized carbons (Fsp3) is 0.154. The number of thiophene rings is 1. The summed E-state index contributed by atoms with van der Waals surface area (Å²) < 4.78 is 18.7. The smallest absolute Gasteiger partial charge is 0.210 e. The van der Waals surface area contributed by atoms with Gasteiger partial charge >= 0.3 is 0 Å². The van der Waals surface area contributed by atoms with Crippen LogP contribution < -0.4 is 4.74 Å². The van der Waals surface area contributed by atoms with E-state index in [1.807, 2.05) is 5.38 Å². The first-order chi connectivity index (χ1) is 8.18. The molecule has 0 N–H and O–H groups in total. The maximum Gasteiger partial charge on any atom is 0.210 e. The molecule has 4 heteroatoms. The van der Waals surface area contributed by atoms with Crippen LogP contribution in [-0.4, -0.2) is 12.4 Å². The van der Waals surface area contributed by atoms with Crippen LogP contribution in [0.25, 0.3) is 0 Å². The highest BCUT2D eigenvalue weighted by atomic mass is 32.1. The lowest BCUT2D eigenvalue weighted by Crippen LogP contribution is -2.11. The van der Waals surface area contributed by atoms with Crippen molar-refractivity contribution in [2.24, 2.45) is 0 Å². The second-order valence-electron chi connectivity index (χ2n) is 3.58. The average molecular weight is 250 g/mol. The molecule has 0 aliphatic heterocycles. The maximum absolute atomic E-state index is 13.6. The predicted octanol–water partition coefficient (Wildman–Crippen LogP) is 3.46. The van der Waals surface area contributed by atoms with Gasteiger partial charge < -0.3 is 4.74 Å². The Morgan fingerprint density at radius 3 is 2.88 bits per heavy atom. The molecular formula is C13H11FO2S. The van der Waals surface area contributed by atoms with Gasteiger partial charge in [-0.3, -0.25) is 4.79 Å². The zero-order valence-electron chi connectivity index (χ0n) is 9.27. The van der Waals surface area contributed by atoms with Gasteiger partial charge in [0.05, 0.1) is 4.88 Å². The first-order valence-corrected chi connectivity index (χ1v) is 6.01. The van der Waals surface area contributed by atoms with E-state index in [9.17, 15) is 9.18 Å². The van der Waals surface area contributed by atoms with E-state index >= 15 is 0 Å². The Balaban J connectivity index is 2.03. The summed E-state index contributed by atoms with van der Waals surface area (Å²) >= 11 is 1.35. The second-order valence-corrected chi connectivity index (χ2v) is 4.52. The molecule has 2 nitrogen and oxygen atoms in total. The molecule has 0 saturated heterocycles. The van der Waals surface area contributed by atoms with E-state index < -0.39 is 5.82 Å². The van der Waals surface area contributed by atoms with Crippen molar-refractivity contribution in [3.8, 4) is 5.75 Å². The van der Waals surface area contributed by atoms with Crippen LogP contribution >= 0.6 is 11.3 Å². The lowest BCUT2D eigenvalue weighted by atomic mass is 10.2. The van der Waals surface area contributed by atoms with Gasteiger partial charge in [0.2, 0.25) is 5.78 Å². The number of carbonyl (C=O) groups is 1. The van der Waals surface area contributed by atoms with Crippen molar-refractivity contribution in [3.05, 3.63) is 52.0 Å². The van der Waals surface area contributed by atoms with E-state index in [-0.39, 0.29) is 18.1 Å². The third-order valence-corrected chi connectivity index (χ3v) is 3.22. The monoisotopic (exact) mass is 250 g/mol. The summed E-state index contributed by atoms with van der Waals surface area (Å²) in [6, 6.07) is 8.39. The van der Waals surface area contributed by atoms with Gasteiger partial charge in [0, 0.05) is 0 Å². The fourth-order valence-corrected chi connectivity index (χ4v) is 2.03. The van der Waals surface area contributed by atoms with Gasteiger partial charge in [-0.05, 0) is 30.0 Å². The van der Waals surface area contributed by atoms with Crippen molar-refractivity contribution >= 4 is 17.1 Å². The average Bonchev–Trinajstić information content (AvgIpc) is 2.84. The summed E-state index contributed by atoms with van der Waals surface area (Å²) in [6.45, 7) is 1.52. The Morgan fingerprint density at radius 1 is 1.35 bits per heavy atom. The third kappa shape index (κ3) is 2.71. The van der Waals surface area contributed by atoms with Crippen LogP contribution in [0.2, 0.25) is 0 Å². The van der Waals surface area contributed by atoms with E-state index in [4.69, 9.17) is 4.74 Å². The molecule has 0 radical (unpaired) electrons. The summed E-state index contributed by atoms with van der Waals surface area (Å²) in [5.74, 6) is -0.428. The quantitative estimate of drug-likeness (QED) is 0.777. The van der Waals surface area contributed by atoms with Crippen LogP contribution in [0, 0.1) is 12.7 Å². The number of carbonyl (C=O) groups excluding carboxylic acids is 1. The number of ether oxygens (including phenoxy) is 1. The molecule has 0 atom stereocenters. The molecule has 17 heavy (non-hydrogen) atoms. The van der Waals surface area contributed by atoms with Gasteiger partial charge in [0.25, 0.3) is 0 Å². The summed E-state index contributed by atoms with van der Waals surface area (Å²) in [4.78, 5) is 12.3. The normalized spacial score (nSPS) is 10.2. The number of halogens is 1. The first kappa shape index (κ1) is 11.8. The van der Waals surface area contributed by atoms with Gasteiger partial charge in [-0.2, -0.15) is 0 Å². The number of rotatable bonds is 4. The number of ketones is 1. The van der Waals surface area contributed by atoms with E-state index in [1.54, 1.807) is 31.2 Å². The molecule has 1 aromatic carbocycles. The number of Topliss-reactive ketones (excluding diaryl/α,β-unsaturated/α-hetero) is 1. The van der Waals surface area contributed by atoms with Gasteiger partial charge in [-0.1, -0.05) is 18.2 Å². The molecule has 0 fully saturated rings. The van der Waals surface area contributed by atoms with Gasteiger partial charge in [-0.25, -0.2) is 4.39 Å². The standard InChI is InChI=1S/C13H11FO2S/c1-9-4-2-5-11(13(9)14)16-8-10(15)12-6-3-7-17-12/h2-7H,8H2,1H3. The molecule has 2 rings (SSSR count). The van der Waals surface area contributed by atoms with E-state index in [0.717, 1.165) is 0 Å². The van der Waals surface area contributed by atoms with E-state index in [1.165, 1.54) is 17.4 Å². The van der Waals surface area contributed by atoms with Crippen molar-refractivity contribution in [3.63, 3.8) is 0 Å². The molecule has 0 spiro atoms. The minimum Gasteiger partial charge on any atom is -0.482 e. The molecule has 0 saturated carbocycles. The van der Waals surface area contributed by atoms with Crippen LogP contribution in [0.5, 0.6) is 5.75 Å². The Hall–Kier alpha value is -1.68. The largest absolute Gasteiger partial charge is 0.482 e. The molecule has 2 aromatic rings. The maximum atomic E-state index is 13.6. The summed E-state index contributed by atoms with van der Waals surface area (Å²) in [5.41, 5.74) is 0.506. The molecule has 0 unspecified atom stereocenters. The van der Waals surface area contributed by atoms with Crippen LogP contribution in [0.1, 0.15) is 15.2 Å². The highest BCUT2D eigenvalue weighted by molar-refractivity contribution is 7.12. The molecule has 0 amide bonds. The molecule has 88 valence electrons. The van der Waals surface area contributed by atoms with Crippen LogP contribution in [0.3, 0.4) is 0 Å². The summed E-state index contributed by atoms with van der Waals surface area (Å²) in [7, 11) is 0. The fourth-order valence-electron chi connectivity index (χ4n) is 1.38. The molecule has 0 aliphatic carbocycles. The Bertz CT molecular complexity index is 520. The SMILES string of the molecule is Cc1cccc(OCC(=O)c2cccs2)c1F. The Labute approximate surface area is 103 Å². The van der Waals surface area contributed by atoms with Crippen molar-refractivity contribution in [2.75, 3.05) is 6.61 Å². The zero-order valence-corrected chi connectivity index (χ0v) is 10.1. The van der Waals surface area contributed by atoms with Crippen molar-refractivity contribution < 1.29 is 13.9 Å². The van der Waals surface area contributed by atoms with Crippen molar-refractivity contribution in [2.45, 2.75) is 6.92 Å². The van der Waals surface area contributed by atoms with E-state index in [0.29, 0.717) is 10.4 Å². The summed E-state index contributed by atoms with van der Waals surface area (Å²) in [6.07, 6.45) is 0. The minimum absolute atomic E-state index is 0.120. The van der Waals surface area contributed by atoms with Gasteiger partial charge in [0.1, 0.15) is 0 Å². The first-order valence-electron chi connectivity index (χ1n) is 5.13. The summed E-state index contributed by atoms with van der Waals surface area (Å²) in [5, 5.41) is 1.82. The lowest BCUT2D eigenvalue weighted by Gasteiger charge is -2.07. The predicted molar refractivity (Wildman–Crippen MR) is 65.3 cm³/mol. The molecule has 1 heterocycles.